The van der Waals surface area contributed by atoms with Crippen LogP contribution in [0, 0.1) is 6.92 Å². The number of aromatic nitrogens is 1. The van der Waals surface area contributed by atoms with E-state index in [2.05, 4.69) is 57.6 Å². The van der Waals surface area contributed by atoms with Crippen molar-refractivity contribution in [2.24, 2.45) is 0 Å². The molecular formula is C11H11Br2NS. The van der Waals surface area contributed by atoms with Crippen molar-refractivity contribution in [3.05, 3.63) is 25.7 Å². The molecule has 2 rings (SSSR count). The highest BCUT2D eigenvalue weighted by atomic mass is 79.9. The van der Waals surface area contributed by atoms with Gasteiger partial charge in [-0.15, -0.1) is 11.3 Å². The predicted molar refractivity (Wildman–Crippen MR) is 73.8 cm³/mol. The smallest absolute Gasteiger partial charge is 0.115 e. The van der Waals surface area contributed by atoms with Gasteiger partial charge in [-0.25, -0.2) is 4.98 Å². The van der Waals surface area contributed by atoms with E-state index in [1.165, 1.54) is 25.0 Å². The monoisotopic (exact) mass is 347 g/mol. The van der Waals surface area contributed by atoms with Gasteiger partial charge in [-0.3, -0.25) is 0 Å². The summed E-state index contributed by atoms with van der Waals surface area (Å²) >= 11 is 8.91. The molecule has 0 bridgehead atoms. The van der Waals surface area contributed by atoms with Crippen molar-refractivity contribution in [2.75, 3.05) is 0 Å². The highest BCUT2D eigenvalue weighted by molar-refractivity contribution is 9.11. The zero-order valence-corrected chi connectivity index (χ0v) is 12.8. The molecule has 0 aliphatic rings. The molecule has 0 aliphatic heterocycles. The van der Waals surface area contributed by atoms with Crippen molar-refractivity contribution in [3.63, 3.8) is 0 Å². The molecular weight excluding hydrogens is 338 g/mol. The van der Waals surface area contributed by atoms with Gasteiger partial charge in [0, 0.05) is 16.3 Å². The van der Waals surface area contributed by atoms with Crippen LogP contribution in [0.1, 0.15) is 30.9 Å². The lowest BCUT2D eigenvalue weighted by Crippen LogP contribution is -1.90. The van der Waals surface area contributed by atoms with Crippen LogP contribution in [-0.2, 0) is 0 Å². The van der Waals surface area contributed by atoms with Gasteiger partial charge in [0.25, 0.3) is 0 Å². The zero-order chi connectivity index (χ0) is 11.2. The fourth-order valence-electron chi connectivity index (χ4n) is 1.60. The number of nitrogens with zero attached hydrogens (tertiary/aromatic N) is 1. The Balaban J connectivity index is 2.89. The highest BCUT2D eigenvalue weighted by Gasteiger charge is 2.15. The number of hydrogen-bond donors (Lipinski definition) is 0. The highest BCUT2D eigenvalue weighted by Crippen LogP contribution is 2.41. The molecule has 0 amide bonds. The third kappa shape index (κ3) is 1.87. The number of hydrogen-bond acceptors (Lipinski definition) is 2. The van der Waals surface area contributed by atoms with Crippen LogP contribution < -0.4 is 0 Å². The van der Waals surface area contributed by atoms with E-state index >= 15 is 0 Å². The number of fused-ring (bicyclic) bond motifs is 1. The van der Waals surface area contributed by atoms with E-state index in [4.69, 9.17) is 0 Å². The van der Waals surface area contributed by atoms with E-state index < -0.39 is 0 Å². The van der Waals surface area contributed by atoms with E-state index in [-0.39, 0.29) is 0 Å². The van der Waals surface area contributed by atoms with Gasteiger partial charge in [0.2, 0.25) is 0 Å². The van der Waals surface area contributed by atoms with Crippen molar-refractivity contribution < 1.29 is 0 Å². The largest absolute Gasteiger partial charge is 0.248 e. The lowest BCUT2D eigenvalue weighted by Gasteiger charge is -2.06. The molecule has 0 spiro atoms. The number of pyridine rings is 1. The maximum Gasteiger partial charge on any atom is 0.115 e. The second-order valence-corrected chi connectivity index (χ2v) is 6.95. The molecule has 2 aromatic heterocycles. The van der Waals surface area contributed by atoms with E-state index in [0.29, 0.717) is 5.92 Å². The van der Waals surface area contributed by atoms with E-state index in [0.717, 1.165) is 4.60 Å². The molecule has 2 aromatic rings. The van der Waals surface area contributed by atoms with E-state index in [9.17, 15) is 0 Å². The third-order valence-electron chi connectivity index (χ3n) is 2.50. The molecule has 0 aromatic carbocycles. The Morgan fingerprint density at radius 1 is 1.33 bits per heavy atom. The molecule has 4 heteroatoms. The molecule has 2 heterocycles. The summed E-state index contributed by atoms with van der Waals surface area (Å²) in [5, 5.41) is 1.25. The standard InChI is InChI=1S/C11H11Br2NS/c1-5(2)7-4-14-10(12)8-6(3)11(13)15-9(7)8/h4-5H,1-3H3. The number of rotatable bonds is 1. The summed E-state index contributed by atoms with van der Waals surface area (Å²) in [6.07, 6.45) is 1.97. The van der Waals surface area contributed by atoms with Crippen LogP contribution in [-0.4, -0.2) is 4.98 Å². The summed E-state index contributed by atoms with van der Waals surface area (Å²) in [6.45, 7) is 6.53. The molecule has 15 heavy (non-hydrogen) atoms. The Hall–Kier alpha value is 0.0700. The van der Waals surface area contributed by atoms with Crippen molar-refractivity contribution >= 4 is 53.3 Å². The van der Waals surface area contributed by atoms with Crippen molar-refractivity contribution in [3.8, 4) is 0 Å². The molecule has 0 radical (unpaired) electrons. The van der Waals surface area contributed by atoms with Crippen molar-refractivity contribution in [1.82, 2.24) is 4.98 Å². The number of thiophene rings is 1. The second-order valence-electron chi connectivity index (χ2n) is 3.86. The van der Waals surface area contributed by atoms with Crippen LogP contribution in [0.3, 0.4) is 0 Å². The summed E-state index contributed by atoms with van der Waals surface area (Å²) < 4.78 is 3.49. The molecule has 0 N–H and O–H groups in total. The van der Waals surface area contributed by atoms with Gasteiger partial charge in [0.15, 0.2) is 0 Å². The number of halogens is 2. The van der Waals surface area contributed by atoms with Crippen LogP contribution in [0.5, 0.6) is 0 Å². The molecule has 0 unspecified atom stereocenters. The molecule has 0 atom stereocenters. The normalized spacial score (nSPS) is 11.6. The SMILES string of the molecule is Cc1c(Br)sc2c(C(C)C)cnc(Br)c12. The Morgan fingerprint density at radius 2 is 2.00 bits per heavy atom. The summed E-state index contributed by atoms with van der Waals surface area (Å²) in [5.41, 5.74) is 2.60. The zero-order valence-electron chi connectivity index (χ0n) is 8.77. The third-order valence-corrected chi connectivity index (χ3v) is 5.31. The summed E-state index contributed by atoms with van der Waals surface area (Å²) in [6, 6.07) is 0. The first-order chi connectivity index (χ1) is 7.02. The predicted octanol–water partition coefficient (Wildman–Crippen LogP) is 5.25. The fourth-order valence-corrected chi connectivity index (χ4v) is 4.20. The minimum atomic E-state index is 0.512. The quantitative estimate of drug-likeness (QED) is 0.641. The molecule has 1 nitrogen and oxygen atoms in total. The van der Waals surface area contributed by atoms with Gasteiger partial charge in [-0.1, -0.05) is 13.8 Å². The first-order valence-electron chi connectivity index (χ1n) is 4.75. The van der Waals surface area contributed by atoms with Crippen LogP contribution in [0.4, 0.5) is 0 Å². The molecule has 80 valence electrons. The lowest BCUT2D eigenvalue weighted by molar-refractivity contribution is 0.870. The first-order valence-corrected chi connectivity index (χ1v) is 7.15. The number of aryl methyl sites for hydroxylation is 1. The van der Waals surface area contributed by atoms with Crippen molar-refractivity contribution in [2.45, 2.75) is 26.7 Å². The van der Waals surface area contributed by atoms with Gasteiger partial charge in [0.05, 0.1) is 3.79 Å². The first kappa shape index (κ1) is 11.6. The summed E-state index contributed by atoms with van der Waals surface area (Å²) in [4.78, 5) is 4.41. The van der Waals surface area contributed by atoms with Gasteiger partial charge in [-0.05, 0) is 55.8 Å². The topological polar surface area (TPSA) is 12.9 Å². The van der Waals surface area contributed by atoms with Crippen LogP contribution in [0.25, 0.3) is 10.1 Å². The van der Waals surface area contributed by atoms with Crippen LogP contribution in [0.2, 0.25) is 0 Å². The van der Waals surface area contributed by atoms with E-state index in [1.54, 1.807) is 11.3 Å². The maximum atomic E-state index is 4.41. The maximum absolute atomic E-state index is 4.41. The van der Waals surface area contributed by atoms with Gasteiger partial charge < -0.3 is 0 Å². The van der Waals surface area contributed by atoms with E-state index in [1.807, 2.05) is 6.20 Å². The van der Waals surface area contributed by atoms with Gasteiger partial charge in [0.1, 0.15) is 4.60 Å². The Labute approximate surface area is 110 Å². The second kappa shape index (κ2) is 4.15. The Kier molecular flexibility index (Phi) is 3.20. The minimum absolute atomic E-state index is 0.512. The summed E-state index contributed by atoms with van der Waals surface area (Å²) in [7, 11) is 0. The average Bonchev–Trinajstić information content (AvgIpc) is 2.44. The van der Waals surface area contributed by atoms with Crippen LogP contribution >= 0.6 is 43.2 Å². The Bertz CT molecular complexity index is 517. The molecule has 0 aliphatic carbocycles. The summed E-state index contributed by atoms with van der Waals surface area (Å²) in [5.74, 6) is 0.512. The van der Waals surface area contributed by atoms with Crippen LogP contribution in [0.15, 0.2) is 14.6 Å². The molecule has 0 saturated carbocycles. The lowest BCUT2D eigenvalue weighted by atomic mass is 10.0. The average molecular weight is 349 g/mol. The van der Waals surface area contributed by atoms with Gasteiger partial charge >= 0.3 is 0 Å². The van der Waals surface area contributed by atoms with Gasteiger partial charge in [-0.2, -0.15) is 0 Å². The van der Waals surface area contributed by atoms with Crippen molar-refractivity contribution in [1.29, 1.82) is 0 Å². The minimum Gasteiger partial charge on any atom is -0.248 e. The molecule has 0 fully saturated rings. The molecule has 0 saturated heterocycles. The fraction of sp³-hybridized carbons (Fsp3) is 0.364. The Morgan fingerprint density at radius 3 is 2.60 bits per heavy atom.